The highest BCUT2D eigenvalue weighted by Crippen LogP contribution is 2.63. The van der Waals surface area contributed by atoms with Crippen LogP contribution in [0, 0.1) is 23.2 Å². The van der Waals surface area contributed by atoms with Crippen molar-refractivity contribution in [2.24, 2.45) is 28.9 Å². The molecule has 3 aliphatic rings. The fourth-order valence-electron chi connectivity index (χ4n) is 4.24. The fourth-order valence-corrected chi connectivity index (χ4v) is 4.24. The average molecular weight is 279 g/mol. The number of carbonyl (C=O) groups excluding carboxylic acids is 3. The van der Waals surface area contributed by atoms with Gasteiger partial charge < -0.3 is 21.2 Å². The third-order valence-corrected chi connectivity index (χ3v) is 5.38. The third kappa shape index (κ3) is 1.93. The van der Waals surface area contributed by atoms with Gasteiger partial charge in [-0.05, 0) is 38.1 Å². The molecular weight excluding hydrogens is 258 g/mol. The van der Waals surface area contributed by atoms with Gasteiger partial charge in [-0.1, -0.05) is 0 Å². The summed E-state index contributed by atoms with van der Waals surface area (Å²) >= 11 is 0. The van der Waals surface area contributed by atoms with E-state index in [1.807, 2.05) is 0 Å². The number of fused-ring (bicyclic) bond motifs is 1. The van der Waals surface area contributed by atoms with Gasteiger partial charge in [-0.15, -0.1) is 0 Å². The predicted octanol–water partition coefficient (Wildman–Crippen LogP) is -0.819. The van der Waals surface area contributed by atoms with Crippen LogP contribution in [-0.4, -0.2) is 37.2 Å². The van der Waals surface area contributed by atoms with Crippen molar-refractivity contribution < 1.29 is 14.4 Å². The molecule has 2 heterocycles. The van der Waals surface area contributed by atoms with Crippen LogP contribution < -0.4 is 16.4 Å². The predicted molar refractivity (Wildman–Crippen MR) is 71.4 cm³/mol. The van der Waals surface area contributed by atoms with Crippen molar-refractivity contribution in [2.75, 3.05) is 13.1 Å². The first-order valence-electron chi connectivity index (χ1n) is 7.35. The molecule has 110 valence electrons. The Morgan fingerprint density at radius 2 is 2.35 bits per heavy atom. The Morgan fingerprint density at radius 3 is 2.95 bits per heavy atom. The maximum absolute atomic E-state index is 11.9. The van der Waals surface area contributed by atoms with Gasteiger partial charge in [-0.25, -0.2) is 0 Å². The molecule has 0 aromatic carbocycles. The number of primary amides is 1. The molecule has 0 aromatic rings. The highest BCUT2D eigenvalue weighted by atomic mass is 16.2. The summed E-state index contributed by atoms with van der Waals surface area (Å²) in [5, 5.41) is 5.98. The second-order valence-electron chi connectivity index (χ2n) is 6.37. The van der Waals surface area contributed by atoms with Gasteiger partial charge in [0.25, 0.3) is 0 Å². The Morgan fingerprint density at radius 1 is 1.55 bits per heavy atom. The standard InChI is InChI=1S/C14H21N3O3/c15-12(19)11-14(5-10(14)6-17-11)9(7-18)4-8-2-1-3-16-13(8)20/h7-11,17H,1-6H2,(H2,15,19)(H,16,20)/t8-,9+,10?,11?,14?/m0/s1. The molecule has 2 aliphatic heterocycles. The molecular formula is C14H21N3O3. The van der Waals surface area contributed by atoms with Gasteiger partial charge in [0, 0.05) is 23.8 Å². The lowest BCUT2D eigenvalue weighted by molar-refractivity contribution is -0.128. The summed E-state index contributed by atoms with van der Waals surface area (Å²) in [6.07, 6.45) is 4.12. The second-order valence-corrected chi connectivity index (χ2v) is 6.37. The van der Waals surface area contributed by atoms with E-state index in [0.29, 0.717) is 12.3 Å². The van der Waals surface area contributed by atoms with E-state index < -0.39 is 6.04 Å². The molecule has 1 saturated carbocycles. The van der Waals surface area contributed by atoms with Gasteiger partial charge >= 0.3 is 0 Å². The molecule has 2 amide bonds. The van der Waals surface area contributed by atoms with Gasteiger partial charge in [0.2, 0.25) is 11.8 Å². The number of hydrogen-bond donors (Lipinski definition) is 3. The van der Waals surface area contributed by atoms with Gasteiger partial charge in [0.1, 0.15) is 6.29 Å². The third-order valence-electron chi connectivity index (χ3n) is 5.38. The SMILES string of the molecule is NC(=O)C1NCC2CC21[C@@H](C=O)C[C@@H]1CCCNC1=O. The maximum Gasteiger partial charge on any atom is 0.235 e. The summed E-state index contributed by atoms with van der Waals surface area (Å²) < 4.78 is 0. The summed E-state index contributed by atoms with van der Waals surface area (Å²) in [6, 6.07) is -0.422. The van der Waals surface area contributed by atoms with Crippen molar-refractivity contribution in [3.05, 3.63) is 0 Å². The molecule has 0 spiro atoms. The zero-order valence-electron chi connectivity index (χ0n) is 11.4. The maximum atomic E-state index is 11.9. The molecule has 0 aromatic heterocycles. The summed E-state index contributed by atoms with van der Waals surface area (Å²) in [5.74, 6) is -0.359. The van der Waals surface area contributed by atoms with Crippen LogP contribution in [0.5, 0.6) is 0 Å². The first-order chi connectivity index (χ1) is 9.59. The molecule has 6 heteroatoms. The molecule has 2 saturated heterocycles. The van der Waals surface area contributed by atoms with E-state index in [0.717, 1.165) is 38.6 Å². The lowest BCUT2D eigenvalue weighted by Gasteiger charge is -2.30. The Labute approximate surface area is 117 Å². The van der Waals surface area contributed by atoms with Gasteiger partial charge in [0.05, 0.1) is 6.04 Å². The normalized spacial score (nSPS) is 40.6. The van der Waals surface area contributed by atoms with Crippen molar-refractivity contribution in [1.29, 1.82) is 0 Å². The van der Waals surface area contributed by atoms with Crippen molar-refractivity contribution in [3.8, 4) is 0 Å². The molecule has 1 aliphatic carbocycles. The highest BCUT2D eigenvalue weighted by molar-refractivity contribution is 5.84. The molecule has 5 atom stereocenters. The zero-order chi connectivity index (χ0) is 14.3. The molecule has 4 N–H and O–H groups in total. The largest absolute Gasteiger partial charge is 0.368 e. The molecule has 3 fully saturated rings. The van der Waals surface area contributed by atoms with Crippen LogP contribution >= 0.6 is 0 Å². The Hall–Kier alpha value is -1.43. The van der Waals surface area contributed by atoms with Crippen molar-refractivity contribution in [1.82, 2.24) is 10.6 Å². The van der Waals surface area contributed by atoms with Crippen LogP contribution in [0.1, 0.15) is 25.7 Å². The summed E-state index contributed by atoms with van der Waals surface area (Å²) in [6.45, 7) is 1.47. The number of aldehydes is 1. The second kappa shape index (κ2) is 4.84. The lowest BCUT2D eigenvalue weighted by atomic mass is 9.76. The van der Waals surface area contributed by atoms with E-state index >= 15 is 0 Å². The van der Waals surface area contributed by atoms with Crippen LogP contribution in [-0.2, 0) is 14.4 Å². The molecule has 3 unspecified atom stereocenters. The summed E-state index contributed by atoms with van der Waals surface area (Å²) in [7, 11) is 0. The van der Waals surface area contributed by atoms with E-state index in [1.54, 1.807) is 0 Å². The highest BCUT2D eigenvalue weighted by Gasteiger charge is 2.68. The summed E-state index contributed by atoms with van der Waals surface area (Å²) in [5.41, 5.74) is 5.13. The van der Waals surface area contributed by atoms with Crippen molar-refractivity contribution in [3.63, 3.8) is 0 Å². The van der Waals surface area contributed by atoms with E-state index in [2.05, 4.69) is 10.6 Å². The first kappa shape index (κ1) is 13.5. The minimum atomic E-state index is -0.422. The van der Waals surface area contributed by atoms with E-state index in [-0.39, 0.29) is 29.1 Å². The van der Waals surface area contributed by atoms with E-state index in [1.165, 1.54) is 0 Å². The van der Waals surface area contributed by atoms with Gasteiger partial charge in [-0.2, -0.15) is 0 Å². The number of amides is 2. The number of nitrogens with two attached hydrogens (primary N) is 1. The quantitative estimate of drug-likeness (QED) is 0.572. The molecule has 0 radical (unpaired) electrons. The minimum absolute atomic E-state index is 0.0401. The number of nitrogens with one attached hydrogen (secondary N) is 2. The van der Waals surface area contributed by atoms with Gasteiger partial charge in [0.15, 0.2) is 0 Å². The first-order valence-corrected chi connectivity index (χ1v) is 7.35. The van der Waals surface area contributed by atoms with Crippen molar-refractivity contribution in [2.45, 2.75) is 31.7 Å². The zero-order valence-corrected chi connectivity index (χ0v) is 11.4. The number of piperidine rings is 2. The topological polar surface area (TPSA) is 101 Å². The van der Waals surface area contributed by atoms with E-state index in [4.69, 9.17) is 5.73 Å². The molecule has 0 bridgehead atoms. The molecule has 6 nitrogen and oxygen atoms in total. The van der Waals surface area contributed by atoms with Gasteiger partial charge in [-0.3, -0.25) is 9.59 Å². The summed E-state index contributed by atoms with van der Waals surface area (Å²) in [4.78, 5) is 35.0. The number of hydrogen-bond acceptors (Lipinski definition) is 4. The number of carbonyl (C=O) groups is 3. The fraction of sp³-hybridized carbons (Fsp3) is 0.786. The van der Waals surface area contributed by atoms with Crippen LogP contribution in [0.25, 0.3) is 0 Å². The number of rotatable bonds is 5. The van der Waals surface area contributed by atoms with Crippen LogP contribution in [0.2, 0.25) is 0 Å². The van der Waals surface area contributed by atoms with Crippen LogP contribution in [0.4, 0.5) is 0 Å². The van der Waals surface area contributed by atoms with Crippen LogP contribution in [0.3, 0.4) is 0 Å². The molecule has 20 heavy (non-hydrogen) atoms. The van der Waals surface area contributed by atoms with Crippen molar-refractivity contribution >= 4 is 18.1 Å². The Kier molecular flexibility index (Phi) is 3.28. The Balaban J connectivity index is 1.75. The van der Waals surface area contributed by atoms with Crippen LogP contribution in [0.15, 0.2) is 0 Å². The lowest BCUT2D eigenvalue weighted by Crippen LogP contribution is -2.48. The van der Waals surface area contributed by atoms with E-state index in [9.17, 15) is 14.4 Å². The average Bonchev–Trinajstić information content (AvgIpc) is 3.03. The monoisotopic (exact) mass is 279 g/mol. The Bertz CT molecular complexity index is 453. The molecule has 3 rings (SSSR count). The smallest absolute Gasteiger partial charge is 0.235 e. The minimum Gasteiger partial charge on any atom is -0.368 e.